The molecule has 3 N–H and O–H groups in total. The van der Waals surface area contributed by atoms with Gasteiger partial charge in [-0.1, -0.05) is 18.2 Å². The van der Waals surface area contributed by atoms with Crippen LogP contribution < -0.4 is 5.32 Å². The Morgan fingerprint density at radius 1 is 1.08 bits per heavy atom. The minimum atomic E-state index is 0.262. The maximum atomic E-state index is 9.90. The molecule has 2 heterocycles. The summed E-state index contributed by atoms with van der Waals surface area (Å²) in [6.45, 7) is 2.04. The zero-order valence-electron chi connectivity index (χ0n) is 13.8. The molecule has 0 bridgehead atoms. The molecule has 0 spiro atoms. The lowest BCUT2D eigenvalue weighted by Crippen LogP contribution is -2.00. The van der Waals surface area contributed by atoms with Gasteiger partial charge in [0, 0.05) is 40.5 Å². The van der Waals surface area contributed by atoms with Crippen LogP contribution in [-0.2, 0) is 6.42 Å². The van der Waals surface area contributed by atoms with Crippen LogP contribution in [0, 0.1) is 6.92 Å². The molecule has 0 radical (unpaired) electrons. The fourth-order valence-corrected chi connectivity index (χ4v) is 2.89. The molecule has 0 saturated carbocycles. The smallest absolute Gasteiger partial charge is 0.135 e. The van der Waals surface area contributed by atoms with Gasteiger partial charge in [-0.05, 0) is 43.3 Å². The fraction of sp³-hybridized carbons (Fsp3) is 0.100. The van der Waals surface area contributed by atoms with E-state index in [1.165, 1.54) is 0 Å². The van der Waals surface area contributed by atoms with Gasteiger partial charge in [0.25, 0.3) is 0 Å². The monoisotopic (exact) mass is 330 g/mol. The highest BCUT2D eigenvalue weighted by Crippen LogP contribution is 2.23. The quantitative estimate of drug-likeness (QED) is 0.521. The van der Waals surface area contributed by atoms with Crippen LogP contribution >= 0.6 is 0 Å². The molecule has 4 rings (SSSR count). The van der Waals surface area contributed by atoms with E-state index in [4.69, 9.17) is 0 Å². The van der Waals surface area contributed by atoms with Gasteiger partial charge in [-0.25, -0.2) is 9.97 Å². The van der Waals surface area contributed by atoms with E-state index in [9.17, 15) is 5.11 Å². The molecule has 2 aromatic carbocycles. The molecule has 0 amide bonds. The Hall–Kier alpha value is -3.34. The lowest BCUT2D eigenvalue weighted by atomic mass is 10.1. The zero-order chi connectivity index (χ0) is 17.2. The Bertz CT molecular complexity index is 1040. The van der Waals surface area contributed by atoms with Crippen molar-refractivity contribution in [2.45, 2.75) is 13.3 Å². The number of hydrogen-bond acceptors (Lipinski definition) is 4. The molecular formula is C20H18N4O. The van der Waals surface area contributed by atoms with Crippen molar-refractivity contribution >= 4 is 22.4 Å². The van der Waals surface area contributed by atoms with E-state index in [2.05, 4.69) is 38.5 Å². The van der Waals surface area contributed by atoms with Crippen molar-refractivity contribution in [3.05, 3.63) is 77.9 Å². The van der Waals surface area contributed by atoms with Gasteiger partial charge in [-0.2, -0.15) is 0 Å². The number of H-pyrrole nitrogens is 1. The van der Waals surface area contributed by atoms with E-state index in [1.807, 2.05) is 31.2 Å². The first-order valence-electron chi connectivity index (χ1n) is 8.12. The van der Waals surface area contributed by atoms with Gasteiger partial charge in [0.15, 0.2) is 0 Å². The van der Waals surface area contributed by atoms with Crippen LogP contribution in [0.2, 0.25) is 0 Å². The summed E-state index contributed by atoms with van der Waals surface area (Å²) in [7, 11) is 0. The Kier molecular flexibility index (Phi) is 3.82. The van der Waals surface area contributed by atoms with E-state index >= 15 is 0 Å². The van der Waals surface area contributed by atoms with E-state index < -0.39 is 0 Å². The number of hydrogen-bond donors (Lipinski definition) is 3. The number of benzene rings is 2. The van der Waals surface area contributed by atoms with Crippen molar-refractivity contribution in [2.75, 3.05) is 5.32 Å². The minimum absolute atomic E-state index is 0.262. The number of para-hydroxylation sites is 1. The number of aromatic amines is 1. The number of phenols is 1. The van der Waals surface area contributed by atoms with Gasteiger partial charge >= 0.3 is 0 Å². The second-order valence-electron chi connectivity index (χ2n) is 6.04. The van der Waals surface area contributed by atoms with Crippen LogP contribution in [0.5, 0.6) is 5.75 Å². The molecule has 5 nitrogen and oxygen atoms in total. The number of rotatable bonds is 4. The Balaban J connectivity index is 1.57. The summed E-state index contributed by atoms with van der Waals surface area (Å²) in [6, 6.07) is 17.3. The van der Waals surface area contributed by atoms with Crippen LogP contribution in [0.1, 0.15) is 17.1 Å². The second kappa shape index (κ2) is 6.28. The second-order valence-corrected chi connectivity index (χ2v) is 6.04. The zero-order valence-corrected chi connectivity index (χ0v) is 13.8. The van der Waals surface area contributed by atoms with Gasteiger partial charge in [0.05, 0.1) is 0 Å². The van der Waals surface area contributed by atoms with Gasteiger partial charge in [-0.15, -0.1) is 0 Å². The number of aromatic nitrogens is 3. The lowest BCUT2D eigenvalue weighted by Gasteiger charge is -2.08. The highest BCUT2D eigenvalue weighted by Gasteiger charge is 2.06. The summed E-state index contributed by atoms with van der Waals surface area (Å²) in [4.78, 5) is 12.2. The van der Waals surface area contributed by atoms with Crippen molar-refractivity contribution in [3.8, 4) is 5.75 Å². The van der Waals surface area contributed by atoms with Crippen molar-refractivity contribution in [1.29, 1.82) is 0 Å². The van der Waals surface area contributed by atoms with Gasteiger partial charge in [0.1, 0.15) is 17.4 Å². The number of aryl methyl sites for hydroxylation is 1. The molecule has 0 unspecified atom stereocenters. The highest BCUT2D eigenvalue weighted by molar-refractivity contribution is 5.84. The Morgan fingerprint density at radius 2 is 1.96 bits per heavy atom. The maximum Gasteiger partial charge on any atom is 0.135 e. The van der Waals surface area contributed by atoms with Crippen LogP contribution in [0.15, 0.2) is 60.8 Å². The van der Waals surface area contributed by atoms with Gasteiger partial charge in [-0.3, -0.25) is 0 Å². The first-order chi connectivity index (χ1) is 12.2. The first kappa shape index (κ1) is 15.2. The van der Waals surface area contributed by atoms with E-state index in [-0.39, 0.29) is 5.75 Å². The van der Waals surface area contributed by atoms with Crippen molar-refractivity contribution in [2.24, 2.45) is 0 Å². The number of fused-ring (bicyclic) bond motifs is 1. The summed E-state index contributed by atoms with van der Waals surface area (Å²) in [5.74, 6) is 1.65. The van der Waals surface area contributed by atoms with Crippen molar-refractivity contribution < 1.29 is 5.11 Å². The molecule has 0 atom stereocenters. The number of nitrogens with zero attached hydrogens (tertiary/aromatic N) is 2. The molecule has 0 aliphatic heterocycles. The van der Waals surface area contributed by atoms with Crippen LogP contribution in [-0.4, -0.2) is 20.1 Å². The van der Waals surface area contributed by atoms with Gasteiger partial charge in [0.2, 0.25) is 0 Å². The van der Waals surface area contributed by atoms with Crippen molar-refractivity contribution in [1.82, 2.24) is 15.0 Å². The van der Waals surface area contributed by atoms with E-state index in [0.29, 0.717) is 12.2 Å². The summed E-state index contributed by atoms with van der Waals surface area (Å²) >= 11 is 0. The fourth-order valence-electron chi connectivity index (χ4n) is 2.89. The predicted octanol–water partition coefficient (Wildman–Crippen LogP) is 4.31. The molecule has 0 aliphatic rings. The third kappa shape index (κ3) is 3.30. The molecule has 0 saturated heterocycles. The summed E-state index contributed by atoms with van der Waals surface area (Å²) < 4.78 is 0. The Morgan fingerprint density at radius 3 is 2.84 bits per heavy atom. The summed E-state index contributed by atoms with van der Waals surface area (Å²) in [6.07, 6.45) is 2.21. The molecule has 25 heavy (non-hydrogen) atoms. The number of aromatic hydroxyl groups is 1. The average Bonchev–Trinajstić information content (AvgIpc) is 2.97. The number of phenolic OH excluding ortho intramolecular Hbond substituents is 1. The standard InChI is InChI=1S/C20H18N4O/c1-13-10-15-11-16(6-7-17(15)22-13)23-19-8-9-21-20(24-19)12-14-4-2-3-5-18(14)25/h2-11,22,25H,12H2,1H3,(H,21,23,24). The van der Waals surface area contributed by atoms with E-state index in [0.717, 1.165) is 33.7 Å². The molecule has 2 aromatic heterocycles. The highest BCUT2D eigenvalue weighted by atomic mass is 16.3. The van der Waals surface area contributed by atoms with Crippen LogP contribution in [0.3, 0.4) is 0 Å². The summed E-state index contributed by atoms with van der Waals surface area (Å²) in [5, 5.41) is 14.4. The Labute approximate surface area is 145 Å². The van der Waals surface area contributed by atoms with Crippen molar-refractivity contribution in [3.63, 3.8) is 0 Å². The molecule has 124 valence electrons. The predicted molar refractivity (Wildman–Crippen MR) is 99.3 cm³/mol. The molecule has 0 fully saturated rings. The third-order valence-electron chi connectivity index (χ3n) is 4.07. The topological polar surface area (TPSA) is 73.8 Å². The number of nitrogens with one attached hydrogen (secondary N) is 2. The van der Waals surface area contributed by atoms with Crippen LogP contribution in [0.4, 0.5) is 11.5 Å². The third-order valence-corrected chi connectivity index (χ3v) is 4.07. The van der Waals surface area contributed by atoms with E-state index in [1.54, 1.807) is 18.3 Å². The average molecular weight is 330 g/mol. The lowest BCUT2D eigenvalue weighted by molar-refractivity contribution is 0.469. The number of anilines is 2. The minimum Gasteiger partial charge on any atom is -0.508 e. The summed E-state index contributed by atoms with van der Waals surface area (Å²) in [5.41, 5.74) is 4.03. The van der Waals surface area contributed by atoms with Crippen LogP contribution in [0.25, 0.3) is 10.9 Å². The SMILES string of the molecule is Cc1cc2cc(Nc3ccnc(Cc4ccccc4O)n3)ccc2[nH]1. The van der Waals surface area contributed by atoms with Gasteiger partial charge < -0.3 is 15.4 Å². The first-order valence-corrected chi connectivity index (χ1v) is 8.12. The molecule has 5 heteroatoms. The molecule has 4 aromatic rings. The normalized spacial score (nSPS) is 10.9. The largest absolute Gasteiger partial charge is 0.508 e. The molecular weight excluding hydrogens is 312 g/mol. The molecule has 0 aliphatic carbocycles. The maximum absolute atomic E-state index is 9.90.